The van der Waals surface area contributed by atoms with Gasteiger partial charge >= 0.3 is 0 Å². The van der Waals surface area contributed by atoms with E-state index in [-0.39, 0.29) is 0 Å². The van der Waals surface area contributed by atoms with Gasteiger partial charge in [0.25, 0.3) is 0 Å². The lowest BCUT2D eigenvalue weighted by molar-refractivity contribution is 0.0803. The van der Waals surface area contributed by atoms with Crippen molar-refractivity contribution in [3.8, 4) is 0 Å². The van der Waals surface area contributed by atoms with Crippen LogP contribution in [0.3, 0.4) is 0 Å². The van der Waals surface area contributed by atoms with Crippen molar-refractivity contribution < 1.29 is 0 Å². The van der Waals surface area contributed by atoms with E-state index < -0.39 is 0 Å². The quantitative estimate of drug-likeness (QED) is 0.763. The van der Waals surface area contributed by atoms with Crippen molar-refractivity contribution in [2.75, 3.05) is 18.9 Å². The number of hydrogen-bond donors (Lipinski definition) is 1. The molecule has 2 aliphatic rings. The molecule has 0 bridgehead atoms. The first-order chi connectivity index (χ1) is 9.02. The highest BCUT2D eigenvalue weighted by Crippen LogP contribution is 2.46. The Balaban J connectivity index is 1.95. The summed E-state index contributed by atoms with van der Waals surface area (Å²) in [6.45, 7) is 8.36. The van der Waals surface area contributed by atoms with Crippen LogP contribution in [0.4, 0.5) is 5.69 Å². The topological polar surface area (TPSA) is 15.3 Å². The Labute approximate surface area is 117 Å². The first-order valence-corrected chi connectivity index (χ1v) is 7.59. The van der Waals surface area contributed by atoms with E-state index in [1.165, 1.54) is 30.6 Å². The van der Waals surface area contributed by atoms with Gasteiger partial charge in [0.05, 0.1) is 0 Å². The number of anilines is 1. The smallest absolute Gasteiger partial charge is 0.0432 e. The number of nitrogens with zero attached hydrogens (tertiary/aromatic N) is 1. The summed E-state index contributed by atoms with van der Waals surface area (Å²) >= 11 is 0. The van der Waals surface area contributed by atoms with Crippen LogP contribution < -0.4 is 5.32 Å². The molecule has 1 spiro atoms. The third-order valence-corrected chi connectivity index (χ3v) is 5.46. The Morgan fingerprint density at radius 3 is 2.68 bits per heavy atom. The van der Waals surface area contributed by atoms with Gasteiger partial charge in [0, 0.05) is 23.8 Å². The summed E-state index contributed by atoms with van der Waals surface area (Å²) < 4.78 is 0. The zero-order chi connectivity index (χ0) is 13.6. The fourth-order valence-corrected chi connectivity index (χ4v) is 4.15. The van der Waals surface area contributed by atoms with Crippen LogP contribution in [0, 0.1) is 5.92 Å². The number of fused-ring (bicyclic) bond motifs is 1. The predicted octanol–water partition coefficient (Wildman–Crippen LogP) is 3.70. The van der Waals surface area contributed by atoms with E-state index in [1.54, 1.807) is 0 Å². The van der Waals surface area contributed by atoms with Gasteiger partial charge in [0.15, 0.2) is 0 Å². The van der Waals surface area contributed by atoms with Crippen molar-refractivity contribution in [2.45, 2.75) is 51.1 Å². The maximum atomic E-state index is 3.92. The minimum absolute atomic E-state index is 0.291. The molecule has 3 rings (SSSR count). The van der Waals surface area contributed by atoms with Crippen molar-refractivity contribution in [3.63, 3.8) is 0 Å². The molecule has 0 saturated carbocycles. The SMILES string of the molecule is C[C@@H]1C[C@]2(C[C@H](C)N(C)C[C@@H]2C)Nc2ccccc21. The maximum Gasteiger partial charge on any atom is 0.0432 e. The van der Waals surface area contributed by atoms with Crippen molar-refractivity contribution in [1.82, 2.24) is 4.90 Å². The van der Waals surface area contributed by atoms with E-state index >= 15 is 0 Å². The normalized spacial score (nSPS) is 38.8. The summed E-state index contributed by atoms with van der Waals surface area (Å²) in [5.41, 5.74) is 3.15. The van der Waals surface area contributed by atoms with Crippen LogP contribution in [-0.2, 0) is 0 Å². The van der Waals surface area contributed by atoms with Gasteiger partial charge in [0.1, 0.15) is 0 Å². The summed E-state index contributed by atoms with van der Waals surface area (Å²) in [6, 6.07) is 9.52. The summed E-state index contributed by atoms with van der Waals surface area (Å²) in [7, 11) is 2.26. The molecule has 4 atom stereocenters. The Bertz CT molecular complexity index is 470. The third kappa shape index (κ3) is 2.06. The first-order valence-electron chi connectivity index (χ1n) is 7.59. The van der Waals surface area contributed by atoms with Gasteiger partial charge in [-0.05, 0) is 50.3 Å². The molecule has 2 nitrogen and oxygen atoms in total. The zero-order valence-corrected chi connectivity index (χ0v) is 12.6. The second-order valence-electron chi connectivity index (χ2n) is 6.87. The fourth-order valence-electron chi connectivity index (χ4n) is 4.15. The molecule has 0 aliphatic carbocycles. The van der Waals surface area contributed by atoms with Crippen LogP contribution in [0.5, 0.6) is 0 Å². The average Bonchev–Trinajstić information content (AvgIpc) is 2.37. The molecule has 1 aromatic carbocycles. The molecule has 19 heavy (non-hydrogen) atoms. The number of piperidine rings is 1. The molecule has 0 unspecified atom stereocenters. The van der Waals surface area contributed by atoms with Crippen LogP contribution in [0.15, 0.2) is 24.3 Å². The number of benzene rings is 1. The molecule has 1 N–H and O–H groups in total. The number of rotatable bonds is 0. The monoisotopic (exact) mass is 258 g/mol. The van der Waals surface area contributed by atoms with Gasteiger partial charge in [-0.3, -0.25) is 0 Å². The van der Waals surface area contributed by atoms with Gasteiger partial charge in [-0.15, -0.1) is 0 Å². The van der Waals surface area contributed by atoms with E-state index in [9.17, 15) is 0 Å². The Hall–Kier alpha value is -1.02. The van der Waals surface area contributed by atoms with E-state index in [4.69, 9.17) is 0 Å². The van der Waals surface area contributed by atoms with Gasteiger partial charge in [-0.25, -0.2) is 0 Å². The zero-order valence-electron chi connectivity index (χ0n) is 12.6. The van der Waals surface area contributed by atoms with Crippen LogP contribution in [0.2, 0.25) is 0 Å². The summed E-state index contributed by atoms with van der Waals surface area (Å²) in [5.74, 6) is 1.36. The fraction of sp³-hybridized carbons (Fsp3) is 0.647. The van der Waals surface area contributed by atoms with Gasteiger partial charge in [-0.2, -0.15) is 0 Å². The molecule has 1 aromatic rings. The molecule has 104 valence electrons. The highest BCUT2D eigenvalue weighted by atomic mass is 15.2. The average molecular weight is 258 g/mol. The number of para-hydroxylation sites is 1. The highest BCUT2D eigenvalue weighted by molar-refractivity contribution is 5.57. The van der Waals surface area contributed by atoms with Crippen molar-refractivity contribution >= 4 is 5.69 Å². The first kappa shape index (κ1) is 13.0. The summed E-state index contributed by atoms with van der Waals surface area (Å²) in [4.78, 5) is 2.50. The second kappa shape index (κ2) is 4.52. The number of nitrogens with one attached hydrogen (secondary N) is 1. The molecule has 1 fully saturated rings. The summed E-state index contributed by atoms with van der Waals surface area (Å²) in [6.07, 6.45) is 2.52. The Kier molecular flexibility index (Phi) is 3.09. The standard InChI is InChI=1S/C17H26N2/c1-12-9-17(10-14(3)19(4)11-13(17)2)18-16-8-6-5-7-15(12)16/h5-8,12-14,18H,9-11H2,1-4H3/t12-,13+,14+,17-/m1/s1. The molecule has 2 heterocycles. The third-order valence-electron chi connectivity index (χ3n) is 5.46. The molecule has 2 heteroatoms. The van der Waals surface area contributed by atoms with Crippen LogP contribution >= 0.6 is 0 Å². The lowest BCUT2D eigenvalue weighted by Crippen LogP contribution is -2.59. The predicted molar refractivity (Wildman–Crippen MR) is 81.7 cm³/mol. The molecule has 2 aliphatic heterocycles. The molecule has 0 amide bonds. The molecule has 1 saturated heterocycles. The maximum absolute atomic E-state index is 3.92. The van der Waals surface area contributed by atoms with E-state index in [0.717, 1.165) is 0 Å². The Morgan fingerprint density at radius 1 is 1.16 bits per heavy atom. The highest BCUT2D eigenvalue weighted by Gasteiger charge is 2.45. The van der Waals surface area contributed by atoms with Crippen molar-refractivity contribution in [1.29, 1.82) is 0 Å². The summed E-state index contributed by atoms with van der Waals surface area (Å²) in [5, 5.41) is 3.92. The molecule has 0 radical (unpaired) electrons. The van der Waals surface area contributed by atoms with Crippen molar-refractivity contribution in [2.24, 2.45) is 5.92 Å². The molecular weight excluding hydrogens is 232 g/mol. The largest absolute Gasteiger partial charge is 0.379 e. The van der Waals surface area contributed by atoms with E-state index in [2.05, 4.69) is 62.3 Å². The second-order valence-corrected chi connectivity index (χ2v) is 6.87. The van der Waals surface area contributed by atoms with Crippen LogP contribution in [0.25, 0.3) is 0 Å². The number of hydrogen-bond acceptors (Lipinski definition) is 2. The number of likely N-dealkylation sites (tertiary alicyclic amines) is 1. The minimum atomic E-state index is 0.291. The van der Waals surface area contributed by atoms with Gasteiger partial charge in [0.2, 0.25) is 0 Å². The van der Waals surface area contributed by atoms with E-state index in [1.807, 2.05) is 0 Å². The van der Waals surface area contributed by atoms with Crippen molar-refractivity contribution in [3.05, 3.63) is 29.8 Å². The van der Waals surface area contributed by atoms with Crippen LogP contribution in [0.1, 0.15) is 45.1 Å². The Morgan fingerprint density at radius 2 is 1.89 bits per heavy atom. The lowest BCUT2D eigenvalue weighted by Gasteiger charge is -2.53. The van der Waals surface area contributed by atoms with Crippen LogP contribution in [-0.4, -0.2) is 30.1 Å². The molecular formula is C17H26N2. The minimum Gasteiger partial charge on any atom is -0.379 e. The lowest BCUT2D eigenvalue weighted by atomic mass is 9.68. The van der Waals surface area contributed by atoms with Gasteiger partial charge < -0.3 is 10.2 Å². The van der Waals surface area contributed by atoms with Gasteiger partial charge in [-0.1, -0.05) is 32.0 Å². The van der Waals surface area contributed by atoms with E-state index in [0.29, 0.717) is 23.4 Å². The molecule has 0 aromatic heterocycles.